The molecule has 2 N–H and O–H groups in total. The summed E-state index contributed by atoms with van der Waals surface area (Å²) in [7, 11) is 0. The van der Waals surface area contributed by atoms with Crippen molar-refractivity contribution < 1.29 is 4.79 Å². The molecular formula is C10H19NO. The standard InChI is InChI=1S/C10H19NO/c1-8-3-2-4-9(6-5-8)7-10(11)12/h8-9H,2-7H2,1H3,(H2,11,12)/t8-,9+/m1/s1. The van der Waals surface area contributed by atoms with Gasteiger partial charge < -0.3 is 5.73 Å². The fraction of sp³-hybridized carbons (Fsp3) is 0.900. The van der Waals surface area contributed by atoms with E-state index in [0.717, 1.165) is 5.92 Å². The highest BCUT2D eigenvalue weighted by molar-refractivity contribution is 5.73. The largest absolute Gasteiger partial charge is 0.370 e. The normalized spacial score (nSPS) is 31.1. The Bertz CT molecular complexity index is 156. The molecule has 0 radical (unpaired) electrons. The lowest BCUT2D eigenvalue weighted by molar-refractivity contribution is -0.119. The van der Waals surface area contributed by atoms with Crippen LogP contribution in [0.3, 0.4) is 0 Å². The fourth-order valence-electron chi connectivity index (χ4n) is 2.05. The van der Waals surface area contributed by atoms with Gasteiger partial charge in [0.05, 0.1) is 0 Å². The molecule has 0 aromatic carbocycles. The van der Waals surface area contributed by atoms with Gasteiger partial charge in [0, 0.05) is 6.42 Å². The number of hydrogen-bond donors (Lipinski definition) is 1. The molecule has 2 atom stereocenters. The van der Waals surface area contributed by atoms with Gasteiger partial charge in [0.1, 0.15) is 0 Å². The molecule has 0 aliphatic heterocycles. The van der Waals surface area contributed by atoms with E-state index >= 15 is 0 Å². The van der Waals surface area contributed by atoms with Crippen molar-refractivity contribution in [3.05, 3.63) is 0 Å². The predicted octanol–water partition coefficient (Wildman–Crippen LogP) is 2.08. The average Bonchev–Trinajstić information content (AvgIpc) is 2.15. The number of hydrogen-bond acceptors (Lipinski definition) is 1. The molecule has 0 bridgehead atoms. The molecule has 1 aliphatic carbocycles. The average molecular weight is 169 g/mol. The minimum absolute atomic E-state index is 0.130. The van der Waals surface area contributed by atoms with Gasteiger partial charge in [-0.3, -0.25) is 4.79 Å². The van der Waals surface area contributed by atoms with Crippen LogP contribution in [0.1, 0.15) is 45.4 Å². The summed E-state index contributed by atoms with van der Waals surface area (Å²) in [6, 6.07) is 0. The molecule has 0 unspecified atom stereocenters. The van der Waals surface area contributed by atoms with Crippen LogP contribution in [-0.4, -0.2) is 5.91 Å². The molecule has 12 heavy (non-hydrogen) atoms. The summed E-state index contributed by atoms with van der Waals surface area (Å²) in [4.78, 5) is 10.7. The number of carbonyl (C=O) groups excluding carboxylic acids is 1. The first-order chi connectivity index (χ1) is 5.68. The quantitative estimate of drug-likeness (QED) is 0.632. The number of primary amides is 1. The Morgan fingerprint density at radius 2 is 2.08 bits per heavy atom. The van der Waals surface area contributed by atoms with Crippen LogP contribution in [0.25, 0.3) is 0 Å². The van der Waals surface area contributed by atoms with Crippen LogP contribution in [0, 0.1) is 11.8 Å². The molecule has 0 aromatic rings. The van der Waals surface area contributed by atoms with E-state index in [9.17, 15) is 4.79 Å². The van der Waals surface area contributed by atoms with Gasteiger partial charge in [0.15, 0.2) is 0 Å². The van der Waals surface area contributed by atoms with Gasteiger partial charge in [-0.1, -0.05) is 26.2 Å². The zero-order valence-corrected chi connectivity index (χ0v) is 7.88. The zero-order chi connectivity index (χ0) is 8.97. The topological polar surface area (TPSA) is 43.1 Å². The van der Waals surface area contributed by atoms with E-state index in [1.54, 1.807) is 0 Å². The van der Waals surface area contributed by atoms with E-state index in [1.165, 1.54) is 32.1 Å². The maximum atomic E-state index is 10.7. The molecule has 1 amide bonds. The molecule has 1 rings (SSSR count). The first kappa shape index (κ1) is 9.56. The maximum Gasteiger partial charge on any atom is 0.217 e. The van der Waals surface area contributed by atoms with E-state index in [2.05, 4.69) is 6.92 Å². The lowest BCUT2D eigenvalue weighted by Crippen LogP contribution is -2.15. The summed E-state index contributed by atoms with van der Waals surface area (Å²) in [5, 5.41) is 0. The van der Waals surface area contributed by atoms with E-state index in [-0.39, 0.29) is 5.91 Å². The highest BCUT2D eigenvalue weighted by atomic mass is 16.1. The summed E-state index contributed by atoms with van der Waals surface area (Å²) >= 11 is 0. The summed E-state index contributed by atoms with van der Waals surface area (Å²) in [6.07, 6.45) is 6.89. The first-order valence-electron chi connectivity index (χ1n) is 4.96. The van der Waals surface area contributed by atoms with Gasteiger partial charge >= 0.3 is 0 Å². The second-order valence-electron chi connectivity index (χ2n) is 4.15. The van der Waals surface area contributed by atoms with Gasteiger partial charge in [0.25, 0.3) is 0 Å². The number of nitrogens with two attached hydrogens (primary N) is 1. The minimum atomic E-state index is -0.130. The molecule has 0 heterocycles. The molecule has 0 aromatic heterocycles. The molecule has 1 saturated carbocycles. The number of rotatable bonds is 2. The van der Waals surface area contributed by atoms with Crippen LogP contribution in [0.15, 0.2) is 0 Å². The highest BCUT2D eigenvalue weighted by Crippen LogP contribution is 2.28. The smallest absolute Gasteiger partial charge is 0.217 e. The lowest BCUT2D eigenvalue weighted by Gasteiger charge is -2.10. The van der Waals surface area contributed by atoms with E-state index in [0.29, 0.717) is 12.3 Å². The second-order valence-corrected chi connectivity index (χ2v) is 4.15. The Morgan fingerprint density at radius 3 is 2.75 bits per heavy atom. The molecule has 2 nitrogen and oxygen atoms in total. The van der Waals surface area contributed by atoms with Crippen LogP contribution in [0.2, 0.25) is 0 Å². The first-order valence-corrected chi connectivity index (χ1v) is 4.96. The summed E-state index contributed by atoms with van der Waals surface area (Å²) < 4.78 is 0. The Morgan fingerprint density at radius 1 is 1.33 bits per heavy atom. The predicted molar refractivity (Wildman–Crippen MR) is 49.6 cm³/mol. The molecule has 2 heteroatoms. The molecule has 0 saturated heterocycles. The Kier molecular flexibility index (Phi) is 3.57. The highest BCUT2D eigenvalue weighted by Gasteiger charge is 2.17. The van der Waals surface area contributed by atoms with Gasteiger partial charge in [-0.2, -0.15) is 0 Å². The van der Waals surface area contributed by atoms with Crippen LogP contribution in [0.4, 0.5) is 0 Å². The van der Waals surface area contributed by atoms with Crippen LogP contribution >= 0.6 is 0 Å². The maximum absolute atomic E-state index is 10.7. The summed E-state index contributed by atoms with van der Waals surface area (Å²) in [5.74, 6) is 1.30. The van der Waals surface area contributed by atoms with Crippen LogP contribution in [-0.2, 0) is 4.79 Å². The van der Waals surface area contributed by atoms with Gasteiger partial charge in [-0.25, -0.2) is 0 Å². The third-order valence-electron chi connectivity index (χ3n) is 2.87. The number of amides is 1. The van der Waals surface area contributed by atoms with Crippen molar-refractivity contribution in [2.24, 2.45) is 17.6 Å². The molecule has 0 spiro atoms. The van der Waals surface area contributed by atoms with Crippen molar-refractivity contribution in [2.75, 3.05) is 0 Å². The Hall–Kier alpha value is -0.530. The van der Waals surface area contributed by atoms with Crippen molar-refractivity contribution >= 4 is 5.91 Å². The van der Waals surface area contributed by atoms with Crippen molar-refractivity contribution in [2.45, 2.75) is 45.4 Å². The molecule has 1 fully saturated rings. The van der Waals surface area contributed by atoms with Gasteiger partial charge in [-0.15, -0.1) is 0 Å². The third kappa shape index (κ3) is 3.24. The Balaban J connectivity index is 2.30. The van der Waals surface area contributed by atoms with Gasteiger partial charge in [-0.05, 0) is 24.7 Å². The number of carbonyl (C=O) groups is 1. The van der Waals surface area contributed by atoms with E-state index in [4.69, 9.17) is 5.73 Å². The minimum Gasteiger partial charge on any atom is -0.370 e. The Labute approximate surface area is 74.5 Å². The summed E-state index contributed by atoms with van der Waals surface area (Å²) in [6.45, 7) is 2.30. The lowest BCUT2D eigenvalue weighted by atomic mass is 9.96. The van der Waals surface area contributed by atoms with Crippen molar-refractivity contribution in [1.82, 2.24) is 0 Å². The van der Waals surface area contributed by atoms with Crippen molar-refractivity contribution in [3.63, 3.8) is 0 Å². The van der Waals surface area contributed by atoms with Crippen LogP contribution in [0.5, 0.6) is 0 Å². The monoisotopic (exact) mass is 169 g/mol. The van der Waals surface area contributed by atoms with Crippen molar-refractivity contribution in [1.29, 1.82) is 0 Å². The SMILES string of the molecule is C[C@@H]1CCC[C@H](CC(N)=O)CC1. The summed E-state index contributed by atoms with van der Waals surface area (Å²) in [5.41, 5.74) is 5.17. The molecule has 70 valence electrons. The van der Waals surface area contributed by atoms with E-state index in [1.807, 2.05) is 0 Å². The van der Waals surface area contributed by atoms with E-state index < -0.39 is 0 Å². The third-order valence-corrected chi connectivity index (χ3v) is 2.87. The fourth-order valence-corrected chi connectivity index (χ4v) is 2.05. The van der Waals surface area contributed by atoms with Crippen molar-refractivity contribution in [3.8, 4) is 0 Å². The second kappa shape index (κ2) is 4.48. The zero-order valence-electron chi connectivity index (χ0n) is 7.88. The van der Waals surface area contributed by atoms with Crippen LogP contribution < -0.4 is 5.73 Å². The molecular weight excluding hydrogens is 150 g/mol. The van der Waals surface area contributed by atoms with Gasteiger partial charge in [0.2, 0.25) is 5.91 Å². The molecule has 1 aliphatic rings.